The largest absolute Gasteiger partial charge is 1.00 e. The van der Waals surface area contributed by atoms with E-state index in [-0.39, 0.29) is 31.9 Å². The van der Waals surface area contributed by atoms with Crippen LogP contribution in [-0.2, 0) is 11.4 Å². The number of aryl methyl sites for hydroxylation is 2. The van der Waals surface area contributed by atoms with E-state index in [1.165, 1.54) is 11.8 Å². The van der Waals surface area contributed by atoms with Crippen LogP contribution in [0.25, 0.3) is 11.1 Å². The van der Waals surface area contributed by atoms with Gasteiger partial charge in [-0.3, -0.25) is 9.78 Å². The van der Waals surface area contributed by atoms with E-state index < -0.39 is 17.9 Å². The average Bonchev–Trinajstić information content (AvgIpc) is 3.13. The number of aromatic nitrogens is 2. The van der Waals surface area contributed by atoms with Crippen molar-refractivity contribution < 1.29 is 42.8 Å². The van der Waals surface area contributed by atoms with Crippen LogP contribution in [0, 0.1) is 13.8 Å². The Labute approximate surface area is 208 Å². The Bertz CT molecular complexity index is 1070. The summed E-state index contributed by atoms with van der Waals surface area (Å²) in [6.07, 6.45) is 5.42. The number of carbonyl (C=O) groups excluding carboxylic acids is 2. The maximum absolute atomic E-state index is 13.1. The standard InChI is InChI=1S/C23H25N3O5S.Li/c1-14-21(15(2)31-26-14)19-11-16(13-30-17-5-4-9-24-12-17)6-7-18(19)22(27)25-20(23(28)29)8-10-32-3;/h4-7,9,11-12,20H,8,10,13H2,1-3H3,(H,25,27)(H,28,29);/q;+1/p-1/t20-;/m0./s1. The molecule has 0 unspecified atom stereocenters. The van der Waals surface area contributed by atoms with Crippen molar-refractivity contribution in [2.75, 3.05) is 12.0 Å². The first-order chi connectivity index (χ1) is 15.4. The number of nitrogens with zero attached hydrogens (tertiary/aromatic N) is 2. The van der Waals surface area contributed by atoms with Crippen molar-refractivity contribution in [1.82, 2.24) is 15.5 Å². The molecule has 10 heteroatoms. The number of benzene rings is 1. The van der Waals surface area contributed by atoms with E-state index in [2.05, 4.69) is 15.5 Å². The number of hydrogen-bond donors (Lipinski definition) is 1. The second-order valence-corrected chi connectivity index (χ2v) is 8.17. The number of pyridine rings is 1. The molecule has 168 valence electrons. The molecular formula is C23H24LiN3O5S. The molecule has 1 amide bonds. The van der Waals surface area contributed by atoms with Crippen molar-refractivity contribution in [2.45, 2.75) is 32.9 Å². The third-order valence-corrected chi connectivity index (χ3v) is 5.52. The summed E-state index contributed by atoms with van der Waals surface area (Å²) in [7, 11) is 0. The SMILES string of the molecule is CSCC[C@H](NC(=O)c1ccc(COc2cccnc2)cc1-c1c(C)noc1C)C(=O)[O-].[Li+]. The summed E-state index contributed by atoms with van der Waals surface area (Å²) < 4.78 is 11.1. The molecule has 3 rings (SSSR count). The molecule has 0 aliphatic heterocycles. The maximum Gasteiger partial charge on any atom is 1.00 e. The second-order valence-electron chi connectivity index (χ2n) is 7.18. The van der Waals surface area contributed by atoms with Gasteiger partial charge in [-0.25, -0.2) is 0 Å². The first-order valence-electron chi connectivity index (χ1n) is 10.0. The van der Waals surface area contributed by atoms with Gasteiger partial charge in [0.15, 0.2) is 0 Å². The van der Waals surface area contributed by atoms with E-state index in [9.17, 15) is 14.7 Å². The van der Waals surface area contributed by atoms with E-state index in [4.69, 9.17) is 9.26 Å². The summed E-state index contributed by atoms with van der Waals surface area (Å²) in [5.41, 5.74) is 3.04. The van der Waals surface area contributed by atoms with Crippen LogP contribution in [0.3, 0.4) is 0 Å². The van der Waals surface area contributed by atoms with Gasteiger partial charge >= 0.3 is 18.9 Å². The van der Waals surface area contributed by atoms with Crippen LogP contribution in [0.1, 0.15) is 33.8 Å². The summed E-state index contributed by atoms with van der Waals surface area (Å²) in [5, 5.41) is 18.1. The van der Waals surface area contributed by atoms with Crippen LogP contribution in [0.15, 0.2) is 47.2 Å². The van der Waals surface area contributed by atoms with Crippen molar-refractivity contribution in [1.29, 1.82) is 0 Å². The van der Waals surface area contributed by atoms with Crippen LogP contribution >= 0.6 is 11.8 Å². The van der Waals surface area contributed by atoms with E-state index in [1.54, 1.807) is 50.5 Å². The number of aliphatic carboxylic acids is 1. The quantitative estimate of drug-likeness (QED) is 0.403. The molecule has 33 heavy (non-hydrogen) atoms. The van der Waals surface area contributed by atoms with E-state index in [1.807, 2.05) is 12.3 Å². The molecule has 3 aromatic rings. The van der Waals surface area contributed by atoms with Gasteiger partial charge in [-0.1, -0.05) is 11.2 Å². The van der Waals surface area contributed by atoms with Gasteiger partial charge in [0.1, 0.15) is 18.1 Å². The predicted molar refractivity (Wildman–Crippen MR) is 119 cm³/mol. The van der Waals surface area contributed by atoms with Crippen LogP contribution in [0.2, 0.25) is 0 Å². The zero-order valence-electron chi connectivity index (χ0n) is 19.1. The molecule has 0 radical (unpaired) electrons. The Hall–Kier alpha value is -2.73. The molecule has 0 saturated heterocycles. The fourth-order valence-corrected chi connectivity index (χ4v) is 3.74. The van der Waals surface area contributed by atoms with Gasteiger partial charge in [0.25, 0.3) is 5.91 Å². The third kappa shape index (κ3) is 6.87. The minimum atomic E-state index is -1.31. The number of carbonyl (C=O) groups is 2. The molecule has 2 heterocycles. The number of thioether (sulfide) groups is 1. The predicted octanol–water partition coefficient (Wildman–Crippen LogP) is -0.462. The second kappa shape index (κ2) is 12.5. The third-order valence-electron chi connectivity index (χ3n) is 4.87. The molecule has 1 N–H and O–H groups in total. The molecule has 0 aliphatic rings. The fraction of sp³-hybridized carbons (Fsp3) is 0.304. The number of rotatable bonds is 10. The summed E-state index contributed by atoms with van der Waals surface area (Å²) in [5.74, 6) is -0.0531. The zero-order valence-corrected chi connectivity index (χ0v) is 19.9. The first kappa shape index (κ1) is 26.5. The molecule has 0 fully saturated rings. The number of amides is 1. The van der Waals surface area contributed by atoms with Crippen LogP contribution < -0.4 is 34.0 Å². The molecule has 8 nitrogen and oxygen atoms in total. The molecule has 0 bridgehead atoms. The minimum Gasteiger partial charge on any atom is -0.548 e. The van der Waals surface area contributed by atoms with Gasteiger partial charge in [-0.05, 0) is 62.1 Å². The van der Waals surface area contributed by atoms with Gasteiger partial charge in [0.05, 0.1) is 23.9 Å². The smallest absolute Gasteiger partial charge is 0.548 e. The van der Waals surface area contributed by atoms with Gasteiger partial charge in [-0.15, -0.1) is 0 Å². The van der Waals surface area contributed by atoms with Crippen LogP contribution in [-0.4, -0.2) is 40.1 Å². The summed E-state index contributed by atoms with van der Waals surface area (Å²) in [4.78, 5) is 28.6. The summed E-state index contributed by atoms with van der Waals surface area (Å²) in [6, 6.07) is 7.75. The van der Waals surface area contributed by atoms with Gasteiger partial charge in [0.2, 0.25) is 0 Å². The Morgan fingerprint density at radius 1 is 1.27 bits per heavy atom. The number of carboxylic acids is 1. The van der Waals surface area contributed by atoms with E-state index in [0.717, 1.165) is 5.56 Å². The molecular weight excluding hydrogens is 437 g/mol. The Morgan fingerprint density at radius 2 is 2.06 bits per heavy atom. The average molecular weight is 461 g/mol. The number of carboxylic acid groups (broad SMARTS) is 1. The van der Waals surface area contributed by atoms with E-state index in [0.29, 0.717) is 39.6 Å². The monoisotopic (exact) mass is 461 g/mol. The molecule has 0 aliphatic carbocycles. The Kier molecular flexibility index (Phi) is 10.0. The van der Waals surface area contributed by atoms with Crippen LogP contribution in [0.5, 0.6) is 5.75 Å². The van der Waals surface area contributed by atoms with Crippen molar-refractivity contribution in [2.24, 2.45) is 0 Å². The van der Waals surface area contributed by atoms with E-state index >= 15 is 0 Å². The molecule has 1 atom stereocenters. The first-order valence-corrected chi connectivity index (χ1v) is 11.4. The zero-order chi connectivity index (χ0) is 23.1. The molecule has 0 saturated carbocycles. The van der Waals surface area contributed by atoms with Crippen molar-refractivity contribution in [3.8, 4) is 16.9 Å². The fourth-order valence-electron chi connectivity index (χ4n) is 3.27. The summed E-state index contributed by atoms with van der Waals surface area (Å²) >= 11 is 1.50. The molecule has 1 aromatic carbocycles. The Morgan fingerprint density at radius 3 is 2.67 bits per heavy atom. The number of hydrogen-bond acceptors (Lipinski definition) is 8. The number of ether oxygens (including phenoxy) is 1. The van der Waals surface area contributed by atoms with Crippen molar-refractivity contribution in [3.05, 3.63) is 65.3 Å². The van der Waals surface area contributed by atoms with Gasteiger partial charge in [-0.2, -0.15) is 11.8 Å². The van der Waals surface area contributed by atoms with Gasteiger partial charge < -0.3 is 24.5 Å². The Balaban J connectivity index is 0.00000385. The topological polar surface area (TPSA) is 117 Å². The molecule has 2 aromatic heterocycles. The van der Waals surface area contributed by atoms with Crippen LogP contribution in [0.4, 0.5) is 0 Å². The molecule has 0 spiro atoms. The maximum atomic E-state index is 13.1. The van der Waals surface area contributed by atoms with Crippen molar-refractivity contribution in [3.63, 3.8) is 0 Å². The van der Waals surface area contributed by atoms with Gasteiger partial charge in [0, 0.05) is 22.9 Å². The van der Waals surface area contributed by atoms with Crippen molar-refractivity contribution >= 4 is 23.6 Å². The summed E-state index contributed by atoms with van der Waals surface area (Å²) in [6.45, 7) is 3.81. The normalized spacial score (nSPS) is 11.4. The number of nitrogens with one attached hydrogen (secondary N) is 1. The minimum absolute atomic E-state index is 0.